The quantitative estimate of drug-likeness (QED) is 0.699. The van der Waals surface area contributed by atoms with Gasteiger partial charge in [0.15, 0.2) is 11.5 Å². The minimum absolute atomic E-state index is 0.122. The van der Waals surface area contributed by atoms with E-state index < -0.39 is 0 Å². The van der Waals surface area contributed by atoms with E-state index in [-0.39, 0.29) is 17.9 Å². The van der Waals surface area contributed by atoms with E-state index in [0.717, 1.165) is 11.3 Å². The topological polar surface area (TPSA) is 56.8 Å². The van der Waals surface area contributed by atoms with Gasteiger partial charge in [0.25, 0.3) is 5.91 Å². The van der Waals surface area contributed by atoms with Crippen LogP contribution in [0.1, 0.15) is 49.7 Å². The molecule has 0 saturated heterocycles. The minimum Gasteiger partial charge on any atom is -0.497 e. The molecule has 1 atom stereocenters. The number of nitrogens with one attached hydrogen (secondary N) is 1. The first-order chi connectivity index (χ1) is 13.0. The Morgan fingerprint density at radius 2 is 1.59 bits per heavy atom. The molecule has 2 aromatic carbocycles. The highest BCUT2D eigenvalue weighted by Gasteiger charge is 2.21. The third kappa shape index (κ3) is 5.39. The van der Waals surface area contributed by atoms with Crippen molar-refractivity contribution in [3.05, 3.63) is 53.6 Å². The normalized spacial score (nSPS) is 11.8. The molecule has 1 N–H and O–H groups in total. The van der Waals surface area contributed by atoms with Gasteiger partial charge in [0.05, 0.1) is 26.4 Å². The van der Waals surface area contributed by atoms with Crippen molar-refractivity contribution in [3.63, 3.8) is 0 Å². The van der Waals surface area contributed by atoms with Gasteiger partial charge in [-0.2, -0.15) is 0 Å². The summed E-state index contributed by atoms with van der Waals surface area (Å²) in [7, 11) is 1.60. The second kappa shape index (κ2) is 9.86. The summed E-state index contributed by atoms with van der Waals surface area (Å²) in [4.78, 5) is 12.7. The van der Waals surface area contributed by atoms with Crippen LogP contribution in [0, 0.1) is 5.92 Å². The molecule has 0 fully saturated rings. The fourth-order valence-corrected chi connectivity index (χ4v) is 2.86. The first-order valence-corrected chi connectivity index (χ1v) is 9.34. The SMILES string of the molecule is CCOc1ccc(C(NC(=O)c2ccc(OC)cc2)C(C)C)cc1OCC. The Hall–Kier alpha value is -2.69. The molecule has 1 unspecified atom stereocenters. The lowest BCUT2D eigenvalue weighted by atomic mass is 9.95. The molecule has 2 rings (SSSR count). The van der Waals surface area contributed by atoms with E-state index in [2.05, 4.69) is 19.2 Å². The van der Waals surface area contributed by atoms with Crippen LogP contribution in [0.25, 0.3) is 0 Å². The van der Waals surface area contributed by atoms with Crippen LogP contribution in [0.15, 0.2) is 42.5 Å². The number of amides is 1. The van der Waals surface area contributed by atoms with Gasteiger partial charge in [-0.05, 0) is 61.7 Å². The summed E-state index contributed by atoms with van der Waals surface area (Å²) in [6, 6.07) is 12.8. The van der Waals surface area contributed by atoms with E-state index in [1.807, 2.05) is 32.0 Å². The number of ether oxygens (including phenoxy) is 3. The summed E-state index contributed by atoms with van der Waals surface area (Å²) in [6.07, 6.45) is 0. The Morgan fingerprint density at radius 1 is 0.963 bits per heavy atom. The highest BCUT2D eigenvalue weighted by atomic mass is 16.5. The molecule has 0 radical (unpaired) electrons. The van der Waals surface area contributed by atoms with Crippen LogP contribution in [-0.4, -0.2) is 26.2 Å². The van der Waals surface area contributed by atoms with Crippen LogP contribution in [-0.2, 0) is 0 Å². The molecule has 0 heterocycles. The molecular weight excluding hydrogens is 342 g/mol. The summed E-state index contributed by atoms with van der Waals surface area (Å²) < 4.78 is 16.5. The Kier molecular flexibility index (Phi) is 7.53. The van der Waals surface area contributed by atoms with Crippen LogP contribution in [0.5, 0.6) is 17.2 Å². The molecule has 146 valence electrons. The van der Waals surface area contributed by atoms with Crippen LogP contribution < -0.4 is 19.5 Å². The molecule has 0 aliphatic rings. The molecule has 0 aliphatic carbocycles. The lowest BCUT2D eigenvalue weighted by molar-refractivity contribution is 0.0925. The molecular formula is C22H29NO4. The van der Waals surface area contributed by atoms with Gasteiger partial charge >= 0.3 is 0 Å². The largest absolute Gasteiger partial charge is 0.497 e. The Labute approximate surface area is 161 Å². The summed E-state index contributed by atoms with van der Waals surface area (Å²) >= 11 is 0. The highest BCUT2D eigenvalue weighted by Crippen LogP contribution is 2.33. The van der Waals surface area contributed by atoms with Gasteiger partial charge in [0.2, 0.25) is 0 Å². The van der Waals surface area contributed by atoms with Gasteiger partial charge in [-0.25, -0.2) is 0 Å². The molecule has 0 bridgehead atoms. The first-order valence-electron chi connectivity index (χ1n) is 9.34. The van der Waals surface area contributed by atoms with Gasteiger partial charge in [0, 0.05) is 5.56 Å². The van der Waals surface area contributed by atoms with Crippen molar-refractivity contribution in [2.75, 3.05) is 20.3 Å². The number of hydrogen-bond donors (Lipinski definition) is 1. The van der Waals surface area contributed by atoms with Crippen molar-refractivity contribution >= 4 is 5.91 Å². The van der Waals surface area contributed by atoms with E-state index in [9.17, 15) is 4.79 Å². The zero-order valence-corrected chi connectivity index (χ0v) is 16.7. The van der Waals surface area contributed by atoms with Crippen molar-refractivity contribution in [1.29, 1.82) is 0 Å². The Bertz CT molecular complexity index is 740. The van der Waals surface area contributed by atoms with Crippen LogP contribution in [0.2, 0.25) is 0 Å². The van der Waals surface area contributed by atoms with Crippen LogP contribution >= 0.6 is 0 Å². The molecule has 5 heteroatoms. The number of methoxy groups -OCH3 is 1. The van der Waals surface area contributed by atoms with E-state index >= 15 is 0 Å². The van der Waals surface area contributed by atoms with Gasteiger partial charge in [-0.3, -0.25) is 4.79 Å². The highest BCUT2D eigenvalue weighted by molar-refractivity contribution is 5.94. The van der Waals surface area contributed by atoms with Crippen molar-refractivity contribution in [2.24, 2.45) is 5.92 Å². The average Bonchev–Trinajstić information content (AvgIpc) is 2.67. The van der Waals surface area contributed by atoms with Crippen molar-refractivity contribution < 1.29 is 19.0 Å². The first kappa shape index (κ1) is 20.6. The summed E-state index contributed by atoms with van der Waals surface area (Å²) in [5, 5.41) is 3.13. The van der Waals surface area contributed by atoms with Crippen molar-refractivity contribution in [2.45, 2.75) is 33.7 Å². The second-order valence-corrected chi connectivity index (χ2v) is 6.50. The van der Waals surface area contributed by atoms with Crippen LogP contribution in [0.4, 0.5) is 0 Å². The number of rotatable bonds is 9. The predicted octanol–water partition coefficient (Wildman–Crippen LogP) is 4.62. The fraction of sp³-hybridized carbons (Fsp3) is 0.409. The average molecular weight is 371 g/mol. The standard InChI is InChI=1S/C22H29NO4/c1-6-26-19-13-10-17(14-20(19)27-7-2)21(15(3)4)23-22(24)16-8-11-18(25-5)12-9-16/h8-15,21H,6-7H2,1-5H3,(H,23,24). The molecule has 0 aromatic heterocycles. The Morgan fingerprint density at radius 3 is 2.15 bits per heavy atom. The zero-order chi connectivity index (χ0) is 19.8. The third-order valence-corrected chi connectivity index (χ3v) is 4.23. The van der Waals surface area contributed by atoms with Gasteiger partial charge < -0.3 is 19.5 Å². The number of hydrogen-bond acceptors (Lipinski definition) is 4. The maximum Gasteiger partial charge on any atom is 0.251 e. The zero-order valence-electron chi connectivity index (χ0n) is 16.7. The fourth-order valence-electron chi connectivity index (χ4n) is 2.86. The predicted molar refractivity (Wildman–Crippen MR) is 107 cm³/mol. The summed E-state index contributed by atoms with van der Waals surface area (Å²) in [6.45, 7) is 9.16. The summed E-state index contributed by atoms with van der Waals surface area (Å²) in [5.41, 5.74) is 1.58. The lowest BCUT2D eigenvalue weighted by Crippen LogP contribution is -2.31. The second-order valence-electron chi connectivity index (χ2n) is 6.50. The van der Waals surface area contributed by atoms with E-state index in [4.69, 9.17) is 14.2 Å². The third-order valence-electron chi connectivity index (χ3n) is 4.23. The molecule has 2 aromatic rings. The minimum atomic E-state index is -0.144. The monoisotopic (exact) mass is 371 g/mol. The maximum absolute atomic E-state index is 12.7. The van der Waals surface area contributed by atoms with Gasteiger partial charge in [0.1, 0.15) is 5.75 Å². The van der Waals surface area contributed by atoms with Crippen molar-refractivity contribution in [3.8, 4) is 17.2 Å². The smallest absolute Gasteiger partial charge is 0.251 e. The van der Waals surface area contributed by atoms with E-state index in [1.54, 1.807) is 31.4 Å². The molecule has 0 spiro atoms. The molecule has 5 nitrogen and oxygen atoms in total. The Balaban J connectivity index is 2.25. The van der Waals surface area contributed by atoms with E-state index in [0.29, 0.717) is 30.3 Å². The number of carbonyl (C=O) groups is 1. The van der Waals surface area contributed by atoms with E-state index in [1.165, 1.54) is 0 Å². The lowest BCUT2D eigenvalue weighted by Gasteiger charge is -2.24. The number of carbonyl (C=O) groups excluding carboxylic acids is 1. The number of benzene rings is 2. The summed E-state index contributed by atoms with van der Waals surface area (Å²) in [5.74, 6) is 2.22. The maximum atomic E-state index is 12.7. The van der Waals surface area contributed by atoms with Gasteiger partial charge in [-0.1, -0.05) is 19.9 Å². The molecule has 0 saturated carbocycles. The molecule has 27 heavy (non-hydrogen) atoms. The molecule has 1 amide bonds. The van der Waals surface area contributed by atoms with Crippen LogP contribution in [0.3, 0.4) is 0 Å². The van der Waals surface area contributed by atoms with Gasteiger partial charge in [-0.15, -0.1) is 0 Å². The molecule has 0 aliphatic heterocycles. The van der Waals surface area contributed by atoms with Crippen molar-refractivity contribution in [1.82, 2.24) is 5.32 Å².